The molecule has 0 N–H and O–H groups in total. The summed E-state index contributed by atoms with van der Waals surface area (Å²) >= 11 is 0. The first-order valence-corrected chi connectivity index (χ1v) is 9.06. The molecular formula is C14H22N4O4S. The maximum atomic E-state index is 12.8. The molecule has 2 aliphatic rings. The summed E-state index contributed by atoms with van der Waals surface area (Å²) in [6.45, 7) is 3.07. The Morgan fingerprint density at radius 3 is 2.43 bits per heavy atom. The first-order valence-electron chi connectivity index (χ1n) is 7.62. The smallest absolute Gasteiger partial charge is 0.248 e. The van der Waals surface area contributed by atoms with Crippen molar-refractivity contribution in [1.29, 1.82) is 0 Å². The number of carbonyl (C=O) groups is 1. The number of aromatic nitrogens is 2. The third kappa shape index (κ3) is 2.88. The van der Waals surface area contributed by atoms with Gasteiger partial charge in [-0.3, -0.25) is 9.48 Å². The van der Waals surface area contributed by atoms with E-state index in [0.29, 0.717) is 38.2 Å². The van der Waals surface area contributed by atoms with Gasteiger partial charge in [-0.15, -0.1) is 0 Å². The van der Waals surface area contributed by atoms with E-state index in [9.17, 15) is 13.2 Å². The number of piperidine rings is 1. The number of nitrogens with zero attached hydrogens (tertiary/aromatic N) is 4. The number of morpholine rings is 1. The molecule has 0 aliphatic carbocycles. The molecule has 0 radical (unpaired) electrons. The predicted octanol–water partition coefficient (Wildman–Crippen LogP) is -0.260. The highest BCUT2D eigenvalue weighted by Gasteiger charge is 2.43. The molecule has 2 fully saturated rings. The lowest BCUT2D eigenvalue weighted by Crippen LogP contribution is -2.58. The maximum Gasteiger partial charge on any atom is 0.248 e. The Kier molecular flexibility index (Phi) is 3.97. The van der Waals surface area contributed by atoms with Gasteiger partial charge in [0.2, 0.25) is 15.9 Å². The zero-order valence-electron chi connectivity index (χ0n) is 13.7. The summed E-state index contributed by atoms with van der Waals surface area (Å²) < 4.78 is 34.3. The summed E-state index contributed by atoms with van der Waals surface area (Å²) in [6.07, 6.45) is 2.71. The van der Waals surface area contributed by atoms with Crippen LogP contribution in [0.5, 0.6) is 0 Å². The normalized spacial score (nSPS) is 22.7. The monoisotopic (exact) mass is 342 g/mol. The highest BCUT2D eigenvalue weighted by atomic mass is 32.2. The van der Waals surface area contributed by atoms with E-state index in [1.165, 1.54) is 8.99 Å². The summed E-state index contributed by atoms with van der Waals surface area (Å²) in [5.74, 6) is -0.0309. The van der Waals surface area contributed by atoms with Crippen LogP contribution in [-0.4, -0.2) is 72.2 Å². The number of ether oxygens (including phenoxy) is 1. The molecule has 128 valence electrons. The van der Waals surface area contributed by atoms with Crippen LogP contribution in [0, 0.1) is 6.92 Å². The molecule has 1 aromatic heterocycles. The zero-order chi connectivity index (χ0) is 16.8. The molecule has 1 aromatic rings. The molecule has 1 amide bonds. The van der Waals surface area contributed by atoms with E-state index < -0.39 is 15.6 Å². The van der Waals surface area contributed by atoms with Gasteiger partial charge in [0.25, 0.3) is 0 Å². The van der Waals surface area contributed by atoms with Crippen LogP contribution in [0.1, 0.15) is 18.5 Å². The molecule has 0 atom stereocenters. The summed E-state index contributed by atoms with van der Waals surface area (Å²) in [5, 5.41) is 4.12. The van der Waals surface area contributed by atoms with Gasteiger partial charge in [-0.05, 0) is 19.8 Å². The van der Waals surface area contributed by atoms with Crippen LogP contribution < -0.4 is 0 Å². The predicted molar refractivity (Wildman–Crippen MR) is 82.3 cm³/mol. The fraction of sp³-hybridized carbons (Fsp3) is 0.714. The fourth-order valence-electron chi connectivity index (χ4n) is 3.30. The number of aryl methyl sites for hydroxylation is 2. The highest BCUT2D eigenvalue weighted by molar-refractivity contribution is 7.89. The Labute approximate surface area is 136 Å². The van der Waals surface area contributed by atoms with E-state index in [2.05, 4.69) is 5.10 Å². The van der Waals surface area contributed by atoms with Crippen molar-refractivity contribution in [2.45, 2.75) is 30.3 Å². The Bertz CT molecular complexity index is 719. The van der Waals surface area contributed by atoms with Gasteiger partial charge in [0.1, 0.15) is 11.5 Å². The van der Waals surface area contributed by atoms with Gasteiger partial charge in [-0.1, -0.05) is 0 Å². The first kappa shape index (κ1) is 16.4. The summed E-state index contributed by atoms with van der Waals surface area (Å²) in [7, 11) is -0.0707. The van der Waals surface area contributed by atoms with Crippen LogP contribution in [0.3, 0.4) is 0 Å². The molecule has 9 heteroatoms. The van der Waals surface area contributed by atoms with Crippen LogP contribution in [0.2, 0.25) is 0 Å². The lowest BCUT2D eigenvalue weighted by atomic mass is 9.90. The van der Waals surface area contributed by atoms with Crippen LogP contribution in [0.4, 0.5) is 0 Å². The second-order valence-electron chi connectivity index (χ2n) is 6.38. The number of hydrogen-bond acceptors (Lipinski definition) is 5. The third-order valence-corrected chi connectivity index (χ3v) is 6.67. The van der Waals surface area contributed by atoms with Crippen LogP contribution in [0.15, 0.2) is 11.1 Å². The van der Waals surface area contributed by atoms with E-state index in [4.69, 9.17) is 4.74 Å². The second kappa shape index (κ2) is 5.57. The molecule has 0 saturated carbocycles. The minimum absolute atomic E-state index is 0.0309. The van der Waals surface area contributed by atoms with Crippen molar-refractivity contribution in [3.05, 3.63) is 11.9 Å². The fourth-order valence-corrected chi connectivity index (χ4v) is 4.94. The number of hydrogen-bond donors (Lipinski definition) is 0. The lowest BCUT2D eigenvalue weighted by Gasteiger charge is -2.45. The van der Waals surface area contributed by atoms with Gasteiger partial charge < -0.3 is 9.64 Å². The highest BCUT2D eigenvalue weighted by Crippen LogP contribution is 2.32. The minimum Gasteiger partial charge on any atom is -0.363 e. The zero-order valence-corrected chi connectivity index (χ0v) is 14.5. The summed E-state index contributed by atoms with van der Waals surface area (Å²) in [4.78, 5) is 13.5. The average molecular weight is 342 g/mol. The van der Waals surface area contributed by atoms with E-state index in [0.717, 1.165) is 0 Å². The number of sulfonamides is 1. The maximum absolute atomic E-state index is 12.8. The minimum atomic E-state index is -3.54. The topological polar surface area (TPSA) is 84.7 Å². The van der Waals surface area contributed by atoms with Crippen LogP contribution in [0.25, 0.3) is 0 Å². The summed E-state index contributed by atoms with van der Waals surface area (Å²) in [5.41, 5.74) is 0.0885. The second-order valence-corrected chi connectivity index (χ2v) is 8.28. The van der Waals surface area contributed by atoms with Gasteiger partial charge in [0, 0.05) is 39.9 Å². The Morgan fingerprint density at radius 1 is 1.26 bits per heavy atom. The standard InChI is InChI=1S/C14H22N4O4S/c1-11-12(8-17(3)15-11)23(20,21)18-6-4-14(5-7-18)10-16(2)13(19)9-22-14/h8H,4-7,9-10H2,1-3H3. The van der Waals surface area contributed by atoms with E-state index >= 15 is 0 Å². The number of carbonyl (C=O) groups excluding carboxylic acids is 1. The van der Waals surface area contributed by atoms with Gasteiger partial charge in [-0.2, -0.15) is 9.40 Å². The van der Waals surface area contributed by atoms with Gasteiger partial charge >= 0.3 is 0 Å². The quantitative estimate of drug-likeness (QED) is 0.739. The summed E-state index contributed by atoms with van der Waals surface area (Å²) in [6, 6.07) is 0. The Hall–Kier alpha value is -1.45. The Morgan fingerprint density at radius 2 is 1.91 bits per heavy atom. The molecule has 8 nitrogen and oxygen atoms in total. The number of amides is 1. The third-order valence-electron chi connectivity index (χ3n) is 4.67. The van der Waals surface area contributed by atoms with Crippen molar-refractivity contribution in [3.63, 3.8) is 0 Å². The van der Waals surface area contributed by atoms with Gasteiger partial charge in [0.15, 0.2) is 0 Å². The first-order chi connectivity index (χ1) is 10.7. The number of likely N-dealkylation sites (N-methyl/N-ethyl adjacent to an activating group) is 1. The van der Waals surface area contributed by atoms with Crippen LogP contribution >= 0.6 is 0 Å². The van der Waals surface area contributed by atoms with Crippen molar-refractivity contribution < 1.29 is 17.9 Å². The van der Waals surface area contributed by atoms with Gasteiger partial charge in [0.05, 0.1) is 11.3 Å². The molecule has 23 heavy (non-hydrogen) atoms. The van der Waals surface area contributed by atoms with E-state index in [1.54, 1.807) is 32.1 Å². The number of rotatable bonds is 2. The van der Waals surface area contributed by atoms with Crippen molar-refractivity contribution in [2.24, 2.45) is 7.05 Å². The molecule has 0 unspecified atom stereocenters. The SMILES string of the molecule is Cc1nn(C)cc1S(=O)(=O)N1CCC2(CC1)CN(C)C(=O)CO2. The van der Waals surface area contributed by atoms with Crippen molar-refractivity contribution >= 4 is 15.9 Å². The van der Waals surface area contributed by atoms with Crippen molar-refractivity contribution in [2.75, 3.05) is 33.3 Å². The van der Waals surface area contributed by atoms with Gasteiger partial charge in [-0.25, -0.2) is 8.42 Å². The largest absolute Gasteiger partial charge is 0.363 e. The Balaban J connectivity index is 1.74. The molecule has 2 saturated heterocycles. The van der Waals surface area contributed by atoms with E-state index in [1.807, 2.05) is 0 Å². The molecule has 1 spiro atoms. The molecular weight excluding hydrogens is 320 g/mol. The van der Waals surface area contributed by atoms with Crippen molar-refractivity contribution in [3.8, 4) is 0 Å². The van der Waals surface area contributed by atoms with Crippen LogP contribution in [-0.2, 0) is 26.6 Å². The van der Waals surface area contributed by atoms with E-state index in [-0.39, 0.29) is 17.4 Å². The molecule has 3 rings (SSSR count). The lowest BCUT2D eigenvalue weighted by molar-refractivity contribution is -0.167. The molecule has 2 aliphatic heterocycles. The van der Waals surface area contributed by atoms with Crippen molar-refractivity contribution in [1.82, 2.24) is 19.0 Å². The molecule has 0 bridgehead atoms. The molecule has 3 heterocycles. The average Bonchev–Trinajstić information content (AvgIpc) is 2.84. The molecule has 0 aromatic carbocycles.